The molecule has 0 aromatic heterocycles. The van der Waals surface area contributed by atoms with E-state index in [-0.39, 0.29) is 0 Å². The highest BCUT2D eigenvalue weighted by Gasteiger charge is 2.12. The van der Waals surface area contributed by atoms with Crippen molar-refractivity contribution >= 4 is 21.6 Å². The minimum Gasteiger partial charge on any atom is -0.385 e. The van der Waals surface area contributed by atoms with Gasteiger partial charge in [-0.05, 0) is 36.6 Å². The van der Waals surface area contributed by atoms with Crippen molar-refractivity contribution in [3.8, 4) is 0 Å². The second-order valence-electron chi connectivity index (χ2n) is 3.48. The minimum atomic E-state index is 0.294. The molecule has 0 spiro atoms. The van der Waals surface area contributed by atoms with Gasteiger partial charge in [-0.1, -0.05) is 15.9 Å². The lowest BCUT2D eigenvalue weighted by atomic mass is 10.0. The van der Waals surface area contributed by atoms with Crippen molar-refractivity contribution in [2.45, 2.75) is 18.9 Å². The quantitative estimate of drug-likeness (QED) is 0.730. The first-order chi connectivity index (χ1) is 6.25. The molecule has 0 saturated heterocycles. The number of nitrogens with two attached hydrogens (primary N) is 1. The standard InChI is InChI=1S/C10H13BrN2/c11-8-1-2-10-7(5-8)6-9(12)3-4-13-10/h1-2,5,9,13H,3-4,6,12H2. The molecule has 70 valence electrons. The zero-order valence-electron chi connectivity index (χ0n) is 7.39. The van der Waals surface area contributed by atoms with Crippen molar-refractivity contribution < 1.29 is 0 Å². The van der Waals surface area contributed by atoms with E-state index in [1.807, 2.05) is 0 Å². The van der Waals surface area contributed by atoms with Crippen molar-refractivity contribution in [3.05, 3.63) is 28.2 Å². The molecular formula is C10H13BrN2. The van der Waals surface area contributed by atoms with Crippen LogP contribution in [0, 0.1) is 0 Å². The molecule has 3 N–H and O–H groups in total. The predicted molar refractivity (Wildman–Crippen MR) is 58.9 cm³/mol. The third-order valence-electron chi connectivity index (χ3n) is 2.38. The van der Waals surface area contributed by atoms with Gasteiger partial charge in [0.2, 0.25) is 0 Å². The molecule has 1 aliphatic rings. The Bertz CT molecular complexity index is 312. The molecule has 2 rings (SSSR count). The summed E-state index contributed by atoms with van der Waals surface area (Å²) in [7, 11) is 0. The van der Waals surface area contributed by atoms with E-state index in [1.54, 1.807) is 0 Å². The fraction of sp³-hybridized carbons (Fsp3) is 0.400. The Hall–Kier alpha value is -0.540. The molecule has 3 heteroatoms. The van der Waals surface area contributed by atoms with Crippen LogP contribution in [0.15, 0.2) is 22.7 Å². The van der Waals surface area contributed by atoms with Crippen LogP contribution in [0.25, 0.3) is 0 Å². The summed E-state index contributed by atoms with van der Waals surface area (Å²) in [4.78, 5) is 0. The Balaban J connectivity index is 2.35. The molecule has 1 unspecified atom stereocenters. The van der Waals surface area contributed by atoms with Crippen molar-refractivity contribution in [2.24, 2.45) is 5.73 Å². The number of rotatable bonds is 0. The first-order valence-electron chi connectivity index (χ1n) is 4.53. The summed E-state index contributed by atoms with van der Waals surface area (Å²) in [6.07, 6.45) is 2.02. The van der Waals surface area contributed by atoms with Gasteiger partial charge in [0.1, 0.15) is 0 Å². The van der Waals surface area contributed by atoms with Crippen molar-refractivity contribution in [1.29, 1.82) is 0 Å². The van der Waals surface area contributed by atoms with Crippen LogP contribution < -0.4 is 11.1 Å². The van der Waals surface area contributed by atoms with Crippen LogP contribution in [0.2, 0.25) is 0 Å². The Morgan fingerprint density at radius 3 is 3.15 bits per heavy atom. The second kappa shape index (κ2) is 3.68. The molecule has 1 aromatic carbocycles. The maximum atomic E-state index is 5.94. The molecule has 1 aromatic rings. The van der Waals surface area contributed by atoms with Gasteiger partial charge in [-0.2, -0.15) is 0 Å². The summed E-state index contributed by atoms with van der Waals surface area (Å²) in [5, 5.41) is 3.38. The molecule has 0 fully saturated rings. The number of anilines is 1. The summed E-state index contributed by atoms with van der Waals surface area (Å²) in [5.74, 6) is 0. The third-order valence-corrected chi connectivity index (χ3v) is 2.87. The van der Waals surface area contributed by atoms with E-state index >= 15 is 0 Å². The Kier molecular flexibility index (Phi) is 2.56. The Morgan fingerprint density at radius 2 is 2.31 bits per heavy atom. The minimum absolute atomic E-state index is 0.294. The van der Waals surface area contributed by atoms with E-state index in [0.717, 1.165) is 23.9 Å². The molecule has 1 atom stereocenters. The van der Waals surface area contributed by atoms with E-state index in [1.165, 1.54) is 11.3 Å². The van der Waals surface area contributed by atoms with Gasteiger partial charge in [-0.3, -0.25) is 0 Å². The van der Waals surface area contributed by atoms with E-state index in [0.29, 0.717) is 6.04 Å². The maximum Gasteiger partial charge on any atom is 0.0374 e. The highest BCUT2D eigenvalue weighted by atomic mass is 79.9. The van der Waals surface area contributed by atoms with E-state index < -0.39 is 0 Å². The van der Waals surface area contributed by atoms with Gasteiger partial charge >= 0.3 is 0 Å². The molecule has 0 amide bonds. The van der Waals surface area contributed by atoms with Crippen molar-refractivity contribution in [3.63, 3.8) is 0 Å². The van der Waals surface area contributed by atoms with Gasteiger partial charge in [0, 0.05) is 22.7 Å². The van der Waals surface area contributed by atoms with E-state index in [2.05, 4.69) is 39.4 Å². The summed E-state index contributed by atoms with van der Waals surface area (Å²) in [6.45, 7) is 0.982. The molecule has 1 heterocycles. The number of hydrogen-bond acceptors (Lipinski definition) is 2. The fourth-order valence-corrected chi connectivity index (χ4v) is 2.09. The van der Waals surface area contributed by atoms with Gasteiger partial charge in [0.05, 0.1) is 0 Å². The van der Waals surface area contributed by atoms with Gasteiger partial charge in [0.25, 0.3) is 0 Å². The highest BCUT2D eigenvalue weighted by molar-refractivity contribution is 9.10. The van der Waals surface area contributed by atoms with Crippen molar-refractivity contribution in [1.82, 2.24) is 0 Å². The first-order valence-corrected chi connectivity index (χ1v) is 5.33. The zero-order chi connectivity index (χ0) is 9.26. The topological polar surface area (TPSA) is 38.0 Å². The Morgan fingerprint density at radius 1 is 1.46 bits per heavy atom. The molecule has 13 heavy (non-hydrogen) atoms. The number of benzene rings is 1. The molecule has 0 aliphatic carbocycles. The average Bonchev–Trinajstić information content (AvgIpc) is 2.25. The lowest BCUT2D eigenvalue weighted by molar-refractivity contribution is 0.642. The lowest BCUT2D eigenvalue weighted by Gasteiger charge is -2.08. The average molecular weight is 241 g/mol. The van der Waals surface area contributed by atoms with Crippen LogP contribution in [0.3, 0.4) is 0 Å². The van der Waals surface area contributed by atoms with Gasteiger partial charge in [-0.25, -0.2) is 0 Å². The smallest absolute Gasteiger partial charge is 0.0374 e. The SMILES string of the molecule is NC1CCNc2ccc(Br)cc2C1. The van der Waals surface area contributed by atoms with E-state index in [9.17, 15) is 0 Å². The molecular weight excluding hydrogens is 228 g/mol. The van der Waals surface area contributed by atoms with Crippen LogP contribution >= 0.6 is 15.9 Å². The molecule has 0 bridgehead atoms. The number of nitrogens with one attached hydrogen (secondary N) is 1. The normalized spacial score (nSPS) is 21.5. The lowest BCUT2D eigenvalue weighted by Crippen LogP contribution is -2.22. The predicted octanol–water partition coefficient (Wildman–Crippen LogP) is 2.13. The monoisotopic (exact) mass is 240 g/mol. The highest BCUT2D eigenvalue weighted by Crippen LogP contribution is 2.24. The first kappa shape index (κ1) is 9.03. The molecule has 0 radical (unpaired) electrons. The van der Waals surface area contributed by atoms with Crippen LogP contribution in [0.5, 0.6) is 0 Å². The molecule has 2 nitrogen and oxygen atoms in total. The van der Waals surface area contributed by atoms with Crippen LogP contribution in [0.4, 0.5) is 5.69 Å². The van der Waals surface area contributed by atoms with Crippen molar-refractivity contribution in [2.75, 3.05) is 11.9 Å². The Labute approximate surface area is 86.6 Å². The fourth-order valence-electron chi connectivity index (χ4n) is 1.68. The third kappa shape index (κ3) is 2.03. The van der Waals surface area contributed by atoms with E-state index in [4.69, 9.17) is 5.73 Å². The maximum absolute atomic E-state index is 5.94. The number of hydrogen-bond donors (Lipinski definition) is 2. The molecule has 0 saturated carbocycles. The summed E-state index contributed by atoms with van der Waals surface area (Å²) < 4.78 is 1.13. The largest absolute Gasteiger partial charge is 0.385 e. The van der Waals surface area contributed by atoms with Gasteiger partial charge in [0.15, 0.2) is 0 Å². The van der Waals surface area contributed by atoms with Crippen LogP contribution in [-0.4, -0.2) is 12.6 Å². The van der Waals surface area contributed by atoms with Crippen LogP contribution in [-0.2, 0) is 6.42 Å². The van der Waals surface area contributed by atoms with Gasteiger partial charge in [-0.15, -0.1) is 0 Å². The number of halogens is 1. The van der Waals surface area contributed by atoms with Gasteiger partial charge < -0.3 is 11.1 Å². The summed E-state index contributed by atoms with van der Waals surface area (Å²) in [6, 6.07) is 6.61. The zero-order valence-corrected chi connectivity index (χ0v) is 8.97. The summed E-state index contributed by atoms with van der Waals surface area (Å²) >= 11 is 3.47. The number of fused-ring (bicyclic) bond motifs is 1. The second-order valence-corrected chi connectivity index (χ2v) is 4.40. The molecule has 1 aliphatic heterocycles. The van der Waals surface area contributed by atoms with Crippen LogP contribution in [0.1, 0.15) is 12.0 Å². The summed E-state index contributed by atoms with van der Waals surface area (Å²) in [5.41, 5.74) is 8.50.